The van der Waals surface area contributed by atoms with Gasteiger partial charge in [-0.15, -0.1) is 23.1 Å². The first-order valence-electron chi connectivity index (χ1n) is 8.84. The Morgan fingerprint density at radius 2 is 1.83 bits per heavy atom. The van der Waals surface area contributed by atoms with Crippen molar-refractivity contribution in [3.05, 3.63) is 64.5 Å². The van der Waals surface area contributed by atoms with Crippen LogP contribution in [0.4, 0.5) is 10.8 Å². The molecule has 1 heterocycles. The molecule has 0 unspecified atom stereocenters. The van der Waals surface area contributed by atoms with Gasteiger partial charge in [0, 0.05) is 28.8 Å². The van der Waals surface area contributed by atoms with Gasteiger partial charge in [0.15, 0.2) is 5.13 Å². The number of nitrogens with zero attached hydrogens (tertiary/aromatic N) is 2. The number of anilines is 2. The van der Waals surface area contributed by atoms with E-state index in [0.717, 1.165) is 28.8 Å². The first-order chi connectivity index (χ1) is 14.2. The zero-order valence-electron chi connectivity index (χ0n) is 16.3. The molecule has 0 radical (unpaired) electrons. The molecule has 1 amide bonds. The van der Waals surface area contributed by atoms with Gasteiger partial charge in [0.1, 0.15) is 0 Å². The highest BCUT2D eigenvalue weighted by molar-refractivity contribution is 7.99. The van der Waals surface area contributed by atoms with E-state index in [1.807, 2.05) is 29.6 Å². The maximum Gasteiger partial charge on any atom is 0.236 e. The van der Waals surface area contributed by atoms with Gasteiger partial charge in [-0.05, 0) is 29.8 Å². The normalized spacial score (nSPS) is 11.3. The molecule has 30 heavy (non-hydrogen) atoms. The smallest absolute Gasteiger partial charge is 0.236 e. The SMILES string of the molecule is CN(c1ccc(-c2csc(NC(=O)CSCc3ccc(Cl)cc3)n2)cc1)S(C)(=O)=O. The third-order valence-electron chi connectivity index (χ3n) is 4.19. The highest BCUT2D eigenvalue weighted by Gasteiger charge is 2.13. The number of thioether (sulfide) groups is 1. The van der Waals surface area contributed by atoms with E-state index in [1.54, 1.807) is 24.3 Å². The summed E-state index contributed by atoms with van der Waals surface area (Å²) in [5.74, 6) is 0.937. The predicted molar refractivity (Wildman–Crippen MR) is 127 cm³/mol. The monoisotopic (exact) mass is 481 g/mol. The number of carbonyl (C=O) groups excluding carboxylic acids is 1. The van der Waals surface area contributed by atoms with Gasteiger partial charge in [0.25, 0.3) is 0 Å². The van der Waals surface area contributed by atoms with E-state index in [-0.39, 0.29) is 5.91 Å². The van der Waals surface area contributed by atoms with E-state index in [4.69, 9.17) is 11.6 Å². The minimum Gasteiger partial charge on any atom is -0.301 e. The van der Waals surface area contributed by atoms with Crippen LogP contribution in [-0.4, -0.2) is 38.4 Å². The summed E-state index contributed by atoms with van der Waals surface area (Å²) < 4.78 is 24.5. The van der Waals surface area contributed by atoms with Crippen molar-refractivity contribution in [3.8, 4) is 11.3 Å². The molecule has 0 aliphatic rings. The Morgan fingerprint density at radius 3 is 2.47 bits per heavy atom. The predicted octanol–water partition coefficient (Wildman–Crippen LogP) is 4.73. The summed E-state index contributed by atoms with van der Waals surface area (Å²) in [5.41, 5.74) is 3.24. The van der Waals surface area contributed by atoms with Crippen molar-refractivity contribution in [3.63, 3.8) is 0 Å². The second-order valence-corrected chi connectivity index (χ2v) is 10.8. The number of rotatable bonds is 8. The molecule has 1 aromatic heterocycles. The standard InChI is InChI=1S/C20H20ClN3O3S3/c1-24(30(2,26)27)17-9-5-15(6-10-17)18-12-29-20(22-18)23-19(25)13-28-11-14-3-7-16(21)8-4-14/h3-10,12H,11,13H2,1-2H3,(H,22,23,25). The molecule has 3 rings (SSSR count). The van der Waals surface area contributed by atoms with Gasteiger partial charge in [-0.1, -0.05) is 35.9 Å². The molecule has 10 heteroatoms. The van der Waals surface area contributed by atoms with Crippen molar-refractivity contribution in [1.82, 2.24) is 4.98 Å². The highest BCUT2D eigenvalue weighted by atomic mass is 35.5. The maximum atomic E-state index is 12.2. The Balaban J connectivity index is 1.54. The molecule has 0 saturated carbocycles. The lowest BCUT2D eigenvalue weighted by atomic mass is 10.1. The van der Waals surface area contributed by atoms with Crippen LogP contribution in [0.1, 0.15) is 5.56 Å². The average Bonchev–Trinajstić information content (AvgIpc) is 3.17. The molecule has 2 aromatic carbocycles. The molecule has 0 aliphatic heterocycles. The quantitative estimate of drug-likeness (QED) is 0.503. The van der Waals surface area contributed by atoms with E-state index in [2.05, 4.69) is 10.3 Å². The van der Waals surface area contributed by atoms with E-state index in [1.165, 1.54) is 34.5 Å². The molecule has 0 aliphatic carbocycles. The van der Waals surface area contributed by atoms with Gasteiger partial charge in [-0.2, -0.15) is 0 Å². The number of hydrogen-bond acceptors (Lipinski definition) is 6. The van der Waals surface area contributed by atoms with Crippen LogP contribution >= 0.6 is 34.7 Å². The zero-order chi connectivity index (χ0) is 21.7. The third kappa shape index (κ3) is 6.21. The van der Waals surface area contributed by atoms with Crippen LogP contribution in [0.3, 0.4) is 0 Å². The highest BCUT2D eigenvalue weighted by Crippen LogP contribution is 2.27. The Morgan fingerprint density at radius 1 is 1.17 bits per heavy atom. The summed E-state index contributed by atoms with van der Waals surface area (Å²) in [7, 11) is -1.80. The lowest BCUT2D eigenvalue weighted by Gasteiger charge is -2.16. The molecule has 158 valence electrons. The Labute approximate surface area is 189 Å². The van der Waals surface area contributed by atoms with Gasteiger partial charge < -0.3 is 5.32 Å². The van der Waals surface area contributed by atoms with E-state index in [9.17, 15) is 13.2 Å². The largest absolute Gasteiger partial charge is 0.301 e. The number of thiazole rings is 1. The van der Waals surface area contributed by atoms with Crippen molar-refractivity contribution in [1.29, 1.82) is 0 Å². The zero-order valence-corrected chi connectivity index (χ0v) is 19.5. The van der Waals surface area contributed by atoms with E-state index >= 15 is 0 Å². The fourth-order valence-electron chi connectivity index (χ4n) is 2.49. The summed E-state index contributed by atoms with van der Waals surface area (Å²) in [4.78, 5) is 16.6. The Kier molecular flexibility index (Phi) is 7.41. The molecule has 6 nitrogen and oxygen atoms in total. The number of sulfonamides is 1. The fraction of sp³-hybridized carbons (Fsp3) is 0.200. The van der Waals surface area contributed by atoms with Crippen LogP contribution in [0, 0.1) is 0 Å². The number of hydrogen-bond donors (Lipinski definition) is 1. The van der Waals surface area contributed by atoms with Crippen molar-refractivity contribution in [2.45, 2.75) is 5.75 Å². The van der Waals surface area contributed by atoms with Crippen molar-refractivity contribution in [2.24, 2.45) is 0 Å². The van der Waals surface area contributed by atoms with Gasteiger partial charge >= 0.3 is 0 Å². The fourth-order valence-corrected chi connectivity index (χ4v) is 4.65. The Bertz CT molecular complexity index is 1110. The first-order valence-corrected chi connectivity index (χ1v) is 13.1. The van der Waals surface area contributed by atoms with Crippen LogP contribution in [0.2, 0.25) is 5.02 Å². The molecule has 0 spiro atoms. The van der Waals surface area contributed by atoms with Gasteiger partial charge in [-0.25, -0.2) is 13.4 Å². The van der Waals surface area contributed by atoms with Crippen LogP contribution in [0.5, 0.6) is 0 Å². The number of amides is 1. The molecule has 0 bridgehead atoms. The third-order valence-corrected chi connectivity index (χ3v) is 7.41. The summed E-state index contributed by atoms with van der Waals surface area (Å²) in [6.07, 6.45) is 1.16. The van der Waals surface area contributed by atoms with Crippen molar-refractivity contribution in [2.75, 3.05) is 28.7 Å². The van der Waals surface area contributed by atoms with Crippen LogP contribution in [0.15, 0.2) is 53.9 Å². The molecular weight excluding hydrogens is 462 g/mol. The summed E-state index contributed by atoms with van der Waals surface area (Å²) in [5, 5.41) is 5.89. The second-order valence-electron chi connectivity index (χ2n) is 6.48. The first kappa shape index (κ1) is 22.6. The molecule has 3 aromatic rings. The van der Waals surface area contributed by atoms with Crippen molar-refractivity contribution >= 4 is 61.4 Å². The number of benzene rings is 2. The minimum absolute atomic E-state index is 0.111. The number of halogens is 1. The summed E-state index contributed by atoms with van der Waals surface area (Å²) in [6, 6.07) is 14.6. The summed E-state index contributed by atoms with van der Waals surface area (Å²) in [6.45, 7) is 0. The molecule has 1 N–H and O–H groups in total. The van der Waals surface area contributed by atoms with E-state index in [0.29, 0.717) is 21.6 Å². The second kappa shape index (κ2) is 9.82. The Hall–Kier alpha value is -2.07. The summed E-state index contributed by atoms with van der Waals surface area (Å²) >= 11 is 8.73. The number of nitrogens with one attached hydrogen (secondary N) is 1. The minimum atomic E-state index is -3.31. The van der Waals surface area contributed by atoms with E-state index < -0.39 is 10.0 Å². The molecule has 0 fully saturated rings. The topological polar surface area (TPSA) is 79.4 Å². The number of carbonyl (C=O) groups is 1. The lowest BCUT2D eigenvalue weighted by Crippen LogP contribution is -2.24. The van der Waals surface area contributed by atoms with Crippen LogP contribution in [0.25, 0.3) is 11.3 Å². The van der Waals surface area contributed by atoms with Crippen LogP contribution < -0.4 is 9.62 Å². The lowest BCUT2D eigenvalue weighted by molar-refractivity contribution is -0.113. The molecule has 0 saturated heterocycles. The molecule has 0 atom stereocenters. The average molecular weight is 482 g/mol. The van der Waals surface area contributed by atoms with Gasteiger partial charge in [0.2, 0.25) is 15.9 Å². The number of aromatic nitrogens is 1. The van der Waals surface area contributed by atoms with Crippen LogP contribution in [-0.2, 0) is 20.6 Å². The molecular formula is C20H20ClN3O3S3. The van der Waals surface area contributed by atoms with Crippen molar-refractivity contribution < 1.29 is 13.2 Å². The maximum absolute atomic E-state index is 12.2. The van der Waals surface area contributed by atoms with Gasteiger partial charge in [-0.3, -0.25) is 9.10 Å². The van der Waals surface area contributed by atoms with Gasteiger partial charge in [0.05, 0.1) is 23.4 Å².